The van der Waals surface area contributed by atoms with Gasteiger partial charge in [-0.05, 0) is 53.7 Å². The molecule has 1 aromatic carbocycles. The Morgan fingerprint density at radius 1 is 1.22 bits per heavy atom. The van der Waals surface area contributed by atoms with Crippen LogP contribution in [0.25, 0.3) is 0 Å². The van der Waals surface area contributed by atoms with Crippen LogP contribution in [-0.2, 0) is 0 Å². The van der Waals surface area contributed by atoms with E-state index in [9.17, 15) is 4.79 Å². The van der Waals surface area contributed by atoms with Gasteiger partial charge < -0.3 is 5.32 Å². The van der Waals surface area contributed by atoms with Crippen LogP contribution in [0.5, 0.6) is 0 Å². The lowest BCUT2D eigenvalue weighted by molar-refractivity contribution is 0.0887. The first kappa shape index (κ1) is 15.2. The second-order valence-corrected chi connectivity index (χ2v) is 5.52. The number of amides is 1. The molecule has 0 heterocycles. The number of carbonyl (C=O) groups is 1. The summed E-state index contributed by atoms with van der Waals surface area (Å²) < 4.78 is 0.889. The van der Waals surface area contributed by atoms with E-state index in [2.05, 4.69) is 42.0 Å². The molecule has 2 nitrogen and oxygen atoms in total. The summed E-state index contributed by atoms with van der Waals surface area (Å²) in [5, 5.41) is 3.19. The molecular formula is C15H22BrNO. The van der Waals surface area contributed by atoms with Crippen LogP contribution in [0.15, 0.2) is 22.7 Å². The predicted octanol–water partition coefficient (Wildman–Crippen LogP) is 4.46. The molecule has 100 valence electrons. The molecule has 18 heavy (non-hydrogen) atoms. The van der Waals surface area contributed by atoms with Crippen molar-refractivity contribution in [2.45, 2.75) is 52.5 Å². The molecule has 3 heteroatoms. The van der Waals surface area contributed by atoms with Crippen molar-refractivity contribution in [1.29, 1.82) is 0 Å². The second kappa shape index (κ2) is 6.37. The lowest BCUT2D eigenvalue weighted by Gasteiger charge is -2.32. The Hall–Kier alpha value is -0.830. The third-order valence-corrected chi connectivity index (χ3v) is 4.90. The van der Waals surface area contributed by atoms with Gasteiger partial charge in [-0.3, -0.25) is 4.79 Å². The van der Waals surface area contributed by atoms with Gasteiger partial charge in [0.15, 0.2) is 0 Å². The Balaban J connectivity index is 2.98. The van der Waals surface area contributed by atoms with E-state index < -0.39 is 0 Å². The zero-order chi connectivity index (χ0) is 13.8. The summed E-state index contributed by atoms with van der Waals surface area (Å²) in [5.74, 6) is 0.0103. The molecule has 1 rings (SSSR count). The van der Waals surface area contributed by atoms with Crippen LogP contribution in [0.3, 0.4) is 0 Å². The number of rotatable bonds is 5. The number of nitrogens with one attached hydrogen (secondary N) is 1. The van der Waals surface area contributed by atoms with E-state index in [-0.39, 0.29) is 11.4 Å². The number of hydrogen-bond acceptors (Lipinski definition) is 1. The lowest BCUT2D eigenvalue weighted by Crippen LogP contribution is -2.47. The zero-order valence-electron chi connectivity index (χ0n) is 11.6. The number of carbonyl (C=O) groups excluding carboxylic acids is 1. The molecule has 1 amide bonds. The topological polar surface area (TPSA) is 29.1 Å². The molecule has 0 atom stereocenters. The molecule has 0 saturated carbocycles. The highest BCUT2D eigenvalue weighted by Crippen LogP contribution is 2.24. The SMILES string of the molecule is CCC(CC)(CC)NC(=O)c1cccc(C)c1Br. The highest BCUT2D eigenvalue weighted by molar-refractivity contribution is 9.10. The molecule has 0 unspecified atom stereocenters. The van der Waals surface area contributed by atoms with E-state index in [0.29, 0.717) is 0 Å². The number of benzene rings is 1. The summed E-state index contributed by atoms with van der Waals surface area (Å²) in [6.45, 7) is 8.36. The minimum atomic E-state index is -0.0831. The Bertz CT molecular complexity index is 416. The van der Waals surface area contributed by atoms with Crippen molar-refractivity contribution in [2.75, 3.05) is 0 Å². The quantitative estimate of drug-likeness (QED) is 0.854. The van der Waals surface area contributed by atoms with Crippen LogP contribution in [0.1, 0.15) is 56.0 Å². The Morgan fingerprint density at radius 2 is 1.78 bits per heavy atom. The summed E-state index contributed by atoms with van der Waals surface area (Å²) in [7, 11) is 0. The average Bonchev–Trinajstić information content (AvgIpc) is 2.39. The van der Waals surface area contributed by atoms with Crippen LogP contribution in [-0.4, -0.2) is 11.4 Å². The normalized spacial score (nSPS) is 11.4. The van der Waals surface area contributed by atoms with E-state index in [1.165, 1.54) is 0 Å². The monoisotopic (exact) mass is 311 g/mol. The van der Waals surface area contributed by atoms with Gasteiger partial charge in [0.25, 0.3) is 5.91 Å². The van der Waals surface area contributed by atoms with Crippen molar-refractivity contribution in [3.63, 3.8) is 0 Å². The summed E-state index contributed by atoms with van der Waals surface area (Å²) in [6.07, 6.45) is 2.86. The number of hydrogen-bond donors (Lipinski definition) is 1. The molecule has 0 aliphatic heterocycles. The third-order valence-electron chi connectivity index (χ3n) is 3.85. The van der Waals surface area contributed by atoms with E-state index in [1.807, 2.05) is 25.1 Å². The van der Waals surface area contributed by atoms with Gasteiger partial charge in [-0.25, -0.2) is 0 Å². The van der Waals surface area contributed by atoms with Crippen LogP contribution >= 0.6 is 15.9 Å². The third kappa shape index (κ3) is 3.14. The van der Waals surface area contributed by atoms with Gasteiger partial charge >= 0.3 is 0 Å². The van der Waals surface area contributed by atoms with Crippen LogP contribution in [0, 0.1) is 6.92 Å². The van der Waals surface area contributed by atoms with Crippen molar-refractivity contribution < 1.29 is 4.79 Å². The zero-order valence-corrected chi connectivity index (χ0v) is 13.2. The standard InChI is InChI=1S/C15H22BrNO/c1-5-15(6-2,7-3)17-14(18)12-10-8-9-11(4)13(12)16/h8-10H,5-7H2,1-4H3,(H,17,18). The molecular weight excluding hydrogens is 290 g/mol. The second-order valence-electron chi connectivity index (χ2n) is 4.73. The summed E-state index contributed by atoms with van der Waals surface area (Å²) in [6, 6.07) is 5.77. The molecule has 0 aliphatic carbocycles. The first-order valence-electron chi connectivity index (χ1n) is 6.57. The summed E-state index contributed by atoms with van der Waals surface area (Å²) in [4.78, 5) is 12.4. The van der Waals surface area contributed by atoms with Crippen molar-refractivity contribution >= 4 is 21.8 Å². The summed E-state index contributed by atoms with van der Waals surface area (Å²) in [5.41, 5.74) is 1.72. The van der Waals surface area contributed by atoms with Gasteiger partial charge in [0.05, 0.1) is 5.56 Å². The van der Waals surface area contributed by atoms with Crippen molar-refractivity contribution in [3.8, 4) is 0 Å². The Labute approximate surface area is 118 Å². The van der Waals surface area contributed by atoms with E-state index in [1.54, 1.807) is 0 Å². The number of halogens is 1. The largest absolute Gasteiger partial charge is 0.347 e. The highest BCUT2D eigenvalue weighted by atomic mass is 79.9. The van der Waals surface area contributed by atoms with Crippen molar-refractivity contribution in [3.05, 3.63) is 33.8 Å². The van der Waals surface area contributed by atoms with Crippen LogP contribution in [0.4, 0.5) is 0 Å². The molecule has 0 radical (unpaired) electrons. The predicted molar refractivity (Wildman–Crippen MR) is 79.9 cm³/mol. The molecule has 0 aromatic heterocycles. The van der Waals surface area contributed by atoms with E-state index in [0.717, 1.165) is 34.9 Å². The van der Waals surface area contributed by atoms with Crippen LogP contribution in [0.2, 0.25) is 0 Å². The first-order valence-corrected chi connectivity index (χ1v) is 7.36. The van der Waals surface area contributed by atoms with E-state index >= 15 is 0 Å². The van der Waals surface area contributed by atoms with Gasteiger partial charge in [-0.15, -0.1) is 0 Å². The summed E-state index contributed by atoms with van der Waals surface area (Å²) >= 11 is 3.49. The highest BCUT2D eigenvalue weighted by Gasteiger charge is 2.27. The molecule has 0 saturated heterocycles. The molecule has 0 fully saturated rings. The minimum Gasteiger partial charge on any atom is -0.347 e. The maximum atomic E-state index is 12.4. The molecule has 1 aromatic rings. The smallest absolute Gasteiger partial charge is 0.252 e. The van der Waals surface area contributed by atoms with Crippen molar-refractivity contribution in [1.82, 2.24) is 5.32 Å². The van der Waals surface area contributed by atoms with Gasteiger partial charge in [0.1, 0.15) is 0 Å². The maximum absolute atomic E-state index is 12.4. The van der Waals surface area contributed by atoms with Crippen LogP contribution < -0.4 is 5.32 Å². The molecule has 0 aliphatic rings. The maximum Gasteiger partial charge on any atom is 0.252 e. The fourth-order valence-corrected chi connectivity index (χ4v) is 2.59. The van der Waals surface area contributed by atoms with Gasteiger partial charge in [0, 0.05) is 10.0 Å². The average molecular weight is 312 g/mol. The van der Waals surface area contributed by atoms with Gasteiger partial charge in [-0.1, -0.05) is 32.9 Å². The van der Waals surface area contributed by atoms with E-state index in [4.69, 9.17) is 0 Å². The first-order chi connectivity index (χ1) is 8.49. The fourth-order valence-electron chi connectivity index (χ4n) is 2.15. The Morgan fingerprint density at radius 3 is 2.28 bits per heavy atom. The number of aryl methyl sites for hydroxylation is 1. The lowest BCUT2D eigenvalue weighted by atomic mass is 9.89. The minimum absolute atomic E-state index is 0.0103. The molecule has 0 spiro atoms. The molecule has 0 bridgehead atoms. The van der Waals surface area contributed by atoms with Gasteiger partial charge in [-0.2, -0.15) is 0 Å². The fraction of sp³-hybridized carbons (Fsp3) is 0.533. The molecule has 1 N–H and O–H groups in total. The Kier molecular flexibility index (Phi) is 5.39. The van der Waals surface area contributed by atoms with Crippen molar-refractivity contribution in [2.24, 2.45) is 0 Å². The van der Waals surface area contributed by atoms with Gasteiger partial charge in [0.2, 0.25) is 0 Å².